The summed E-state index contributed by atoms with van der Waals surface area (Å²) in [5.41, 5.74) is -0.149. The molecule has 1 aromatic heterocycles. The maximum atomic E-state index is 12.3. The molecule has 1 fully saturated rings. The molecular weight excluding hydrogens is 306 g/mol. The van der Waals surface area contributed by atoms with Crippen LogP contribution < -0.4 is 11.0 Å². The number of nitrogens with one attached hydrogen (secondary N) is 1. The van der Waals surface area contributed by atoms with E-state index in [1.165, 1.54) is 17.5 Å². The van der Waals surface area contributed by atoms with Crippen molar-refractivity contribution < 1.29 is 4.79 Å². The summed E-state index contributed by atoms with van der Waals surface area (Å²) in [4.78, 5) is 26.9. The van der Waals surface area contributed by atoms with Crippen molar-refractivity contribution in [1.82, 2.24) is 24.6 Å². The van der Waals surface area contributed by atoms with Crippen molar-refractivity contribution in [1.29, 1.82) is 0 Å². The van der Waals surface area contributed by atoms with Crippen LogP contribution in [0, 0.1) is 0 Å². The predicted molar refractivity (Wildman–Crippen MR) is 91.9 cm³/mol. The zero-order valence-corrected chi connectivity index (χ0v) is 14.8. The molecule has 0 bridgehead atoms. The lowest BCUT2D eigenvalue weighted by molar-refractivity contribution is -0.122. The molecule has 2 heterocycles. The van der Waals surface area contributed by atoms with Gasteiger partial charge >= 0.3 is 5.69 Å². The van der Waals surface area contributed by atoms with Crippen molar-refractivity contribution in [3.05, 3.63) is 16.3 Å². The molecule has 0 saturated heterocycles. The first-order valence-corrected chi connectivity index (χ1v) is 9.25. The van der Waals surface area contributed by atoms with Crippen LogP contribution in [-0.2, 0) is 24.3 Å². The van der Waals surface area contributed by atoms with E-state index in [9.17, 15) is 9.59 Å². The molecule has 1 N–H and O–H groups in total. The van der Waals surface area contributed by atoms with Gasteiger partial charge < -0.3 is 5.32 Å². The Kier molecular flexibility index (Phi) is 5.38. The topological polar surface area (TPSA) is 72.2 Å². The minimum Gasteiger partial charge on any atom is -0.353 e. The summed E-state index contributed by atoms with van der Waals surface area (Å²) in [6.07, 6.45) is 6.57. The summed E-state index contributed by atoms with van der Waals surface area (Å²) in [5.74, 6) is 0.690. The van der Waals surface area contributed by atoms with Gasteiger partial charge in [0.15, 0.2) is 0 Å². The number of amides is 1. The highest BCUT2D eigenvalue weighted by atomic mass is 16.2. The molecule has 24 heavy (non-hydrogen) atoms. The van der Waals surface area contributed by atoms with Crippen LogP contribution in [0.1, 0.15) is 51.8 Å². The summed E-state index contributed by atoms with van der Waals surface area (Å²) in [6.45, 7) is 6.61. The van der Waals surface area contributed by atoms with Crippen LogP contribution in [0.25, 0.3) is 0 Å². The maximum absolute atomic E-state index is 12.3. The summed E-state index contributed by atoms with van der Waals surface area (Å²) >= 11 is 0. The highest BCUT2D eigenvalue weighted by Gasteiger charge is 2.30. The van der Waals surface area contributed by atoms with Gasteiger partial charge in [0.25, 0.3) is 0 Å². The van der Waals surface area contributed by atoms with Gasteiger partial charge in [-0.3, -0.25) is 14.3 Å². The fraction of sp³-hybridized carbons (Fsp3) is 0.824. The Morgan fingerprint density at radius 3 is 2.83 bits per heavy atom. The Hall–Kier alpha value is -1.63. The number of aryl methyl sites for hydroxylation is 1. The molecule has 0 atom stereocenters. The Morgan fingerprint density at radius 1 is 1.33 bits per heavy atom. The zero-order valence-electron chi connectivity index (χ0n) is 14.8. The molecule has 0 unspecified atom stereocenters. The fourth-order valence-corrected chi connectivity index (χ4v) is 3.51. The summed E-state index contributed by atoms with van der Waals surface area (Å²) in [7, 11) is 0. The Labute approximate surface area is 143 Å². The lowest BCUT2D eigenvalue weighted by atomic mass is 10.2. The molecule has 0 aromatic carbocycles. The number of hydrogen-bond donors (Lipinski definition) is 1. The number of rotatable bonds is 7. The quantitative estimate of drug-likeness (QED) is 0.798. The van der Waals surface area contributed by atoms with Crippen molar-refractivity contribution >= 4 is 5.91 Å². The van der Waals surface area contributed by atoms with Crippen molar-refractivity contribution in [3.63, 3.8) is 0 Å². The zero-order chi connectivity index (χ0) is 17.1. The summed E-state index contributed by atoms with van der Waals surface area (Å²) < 4.78 is 3.05. The van der Waals surface area contributed by atoms with E-state index < -0.39 is 0 Å². The van der Waals surface area contributed by atoms with Gasteiger partial charge in [0.1, 0.15) is 12.4 Å². The van der Waals surface area contributed by atoms with Gasteiger partial charge in [-0.05, 0) is 39.5 Å². The van der Waals surface area contributed by atoms with Crippen molar-refractivity contribution in [2.24, 2.45) is 0 Å². The second kappa shape index (κ2) is 7.51. The van der Waals surface area contributed by atoms with Crippen LogP contribution in [0.15, 0.2) is 4.79 Å². The minimum absolute atomic E-state index is 0.0178. The first-order chi connectivity index (χ1) is 11.6. The molecule has 1 aliphatic carbocycles. The van der Waals surface area contributed by atoms with Gasteiger partial charge in [-0.2, -0.15) is 5.10 Å². The number of nitrogens with zero attached hydrogens (tertiary/aromatic N) is 4. The highest BCUT2D eigenvalue weighted by molar-refractivity contribution is 5.75. The van der Waals surface area contributed by atoms with E-state index in [1.807, 2.05) is 0 Å². The molecule has 134 valence electrons. The van der Waals surface area contributed by atoms with Crippen molar-refractivity contribution in [3.8, 4) is 0 Å². The lowest BCUT2D eigenvalue weighted by Gasteiger charge is -2.26. The number of hydrogen-bond acceptors (Lipinski definition) is 4. The van der Waals surface area contributed by atoms with Crippen LogP contribution in [0.2, 0.25) is 0 Å². The number of aromatic nitrogens is 3. The van der Waals surface area contributed by atoms with Crippen LogP contribution in [0.3, 0.4) is 0 Å². The maximum Gasteiger partial charge on any atom is 0.346 e. The van der Waals surface area contributed by atoms with Gasteiger partial charge in [0, 0.05) is 38.1 Å². The molecule has 1 saturated carbocycles. The van der Waals surface area contributed by atoms with Crippen LogP contribution in [0.4, 0.5) is 0 Å². The van der Waals surface area contributed by atoms with E-state index >= 15 is 0 Å². The van der Waals surface area contributed by atoms with Crippen molar-refractivity contribution in [2.45, 2.75) is 77.5 Å². The highest BCUT2D eigenvalue weighted by Crippen LogP contribution is 2.27. The molecule has 0 radical (unpaired) electrons. The Morgan fingerprint density at radius 2 is 2.12 bits per heavy atom. The van der Waals surface area contributed by atoms with Crippen LogP contribution in [0.5, 0.6) is 0 Å². The average Bonchev–Trinajstić information content (AvgIpc) is 3.34. The molecule has 3 rings (SSSR count). The molecule has 7 nitrogen and oxygen atoms in total. The molecule has 2 aliphatic rings. The Bertz CT molecular complexity index is 627. The molecule has 0 spiro atoms. The monoisotopic (exact) mass is 335 g/mol. The van der Waals surface area contributed by atoms with Crippen molar-refractivity contribution in [2.75, 3.05) is 13.1 Å². The number of carbonyl (C=O) groups excluding carboxylic acids is 1. The molecule has 7 heteroatoms. The van der Waals surface area contributed by atoms with E-state index in [0.29, 0.717) is 18.6 Å². The normalized spacial score (nSPS) is 17.8. The van der Waals surface area contributed by atoms with Gasteiger partial charge in [0.05, 0.1) is 0 Å². The summed E-state index contributed by atoms with van der Waals surface area (Å²) in [5, 5.41) is 7.29. The Balaban J connectivity index is 1.51. The standard InChI is InChI=1S/C17H29N5O2/c1-13(2)20(14-7-8-14)11-9-18-16(23)12-22-17(24)21-10-5-3-4-6-15(21)19-22/h13-14H,3-12H2,1-2H3,(H,18,23). The lowest BCUT2D eigenvalue weighted by Crippen LogP contribution is -2.41. The van der Waals surface area contributed by atoms with E-state index in [2.05, 4.69) is 29.2 Å². The molecule has 1 aromatic rings. The van der Waals surface area contributed by atoms with E-state index in [-0.39, 0.29) is 18.1 Å². The smallest absolute Gasteiger partial charge is 0.346 e. The summed E-state index contributed by atoms with van der Waals surface area (Å²) in [6, 6.07) is 1.19. The second-order valence-corrected chi connectivity index (χ2v) is 7.23. The van der Waals surface area contributed by atoms with Crippen LogP contribution in [-0.4, -0.2) is 50.3 Å². The molecule has 1 amide bonds. The van der Waals surface area contributed by atoms with Gasteiger partial charge in [0.2, 0.25) is 5.91 Å². The van der Waals surface area contributed by atoms with Gasteiger partial charge in [-0.15, -0.1) is 0 Å². The van der Waals surface area contributed by atoms with E-state index in [1.54, 1.807) is 4.57 Å². The first kappa shape index (κ1) is 17.2. The number of carbonyl (C=O) groups is 1. The third-order valence-corrected chi connectivity index (χ3v) is 4.95. The van der Waals surface area contributed by atoms with E-state index in [4.69, 9.17) is 0 Å². The fourth-order valence-electron chi connectivity index (χ4n) is 3.51. The largest absolute Gasteiger partial charge is 0.353 e. The molecule has 1 aliphatic heterocycles. The third kappa shape index (κ3) is 4.06. The second-order valence-electron chi connectivity index (χ2n) is 7.23. The third-order valence-electron chi connectivity index (χ3n) is 4.95. The average molecular weight is 335 g/mol. The predicted octanol–water partition coefficient (Wildman–Crippen LogP) is 0.760. The van der Waals surface area contributed by atoms with Gasteiger partial charge in [-0.25, -0.2) is 9.48 Å². The first-order valence-electron chi connectivity index (χ1n) is 9.25. The SMILES string of the molecule is CC(C)N(CCNC(=O)Cn1nc2n(c1=O)CCCCC2)C1CC1. The molecular formula is C17H29N5O2. The van der Waals surface area contributed by atoms with E-state index in [0.717, 1.165) is 44.6 Å². The van der Waals surface area contributed by atoms with Crippen LogP contribution >= 0.6 is 0 Å². The van der Waals surface area contributed by atoms with Gasteiger partial charge in [-0.1, -0.05) is 6.42 Å². The minimum atomic E-state index is -0.149. The number of fused-ring (bicyclic) bond motifs is 1.